The van der Waals surface area contributed by atoms with Crippen LogP contribution in [-0.2, 0) is 11.3 Å². The number of hydrogen-bond acceptors (Lipinski definition) is 6. The molecule has 19 heavy (non-hydrogen) atoms. The van der Waals surface area contributed by atoms with Gasteiger partial charge >= 0.3 is 0 Å². The van der Waals surface area contributed by atoms with Crippen molar-refractivity contribution < 1.29 is 4.74 Å². The van der Waals surface area contributed by atoms with E-state index >= 15 is 0 Å². The summed E-state index contributed by atoms with van der Waals surface area (Å²) in [6, 6.07) is 8.04. The fraction of sp³-hybridized carbons (Fsp3) is 0.250. The van der Waals surface area contributed by atoms with Gasteiger partial charge in [0.05, 0.1) is 0 Å². The number of benzene rings is 1. The number of rotatable bonds is 4. The molecule has 0 amide bonds. The van der Waals surface area contributed by atoms with Gasteiger partial charge in [0.2, 0.25) is 4.96 Å². The molecule has 6 nitrogen and oxygen atoms in total. The molecule has 0 aliphatic carbocycles. The minimum atomic E-state index is 0.401. The molecule has 1 aromatic carbocycles. The van der Waals surface area contributed by atoms with Crippen LogP contribution in [0.15, 0.2) is 24.3 Å². The molecule has 7 heteroatoms. The SMILES string of the molecule is CNc1ccccc1-c1nn2c(COC)nnc2s1. The van der Waals surface area contributed by atoms with E-state index < -0.39 is 0 Å². The molecule has 0 fully saturated rings. The van der Waals surface area contributed by atoms with Gasteiger partial charge in [0.15, 0.2) is 5.82 Å². The van der Waals surface area contributed by atoms with Gasteiger partial charge in [-0.2, -0.15) is 9.61 Å². The van der Waals surface area contributed by atoms with Crippen molar-refractivity contribution in [3.63, 3.8) is 0 Å². The van der Waals surface area contributed by atoms with Crippen LogP contribution in [0.3, 0.4) is 0 Å². The van der Waals surface area contributed by atoms with Crippen molar-refractivity contribution in [3.05, 3.63) is 30.1 Å². The second-order valence-electron chi connectivity index (χ2n) is 3.95. The zero-order valence-corrected chi connectivity index (χ0v) is 11.4. The predicted molar refractivity (Wildman–Crippen MR) is 74.4 cm³/mol. The number of nitrogens with zero attached hydrogens (tertiary/aromatic N) is 4. The van der Waals surface area contributed by atoms with Gasteiger partial charge in [0, 0.05) is 25.4 Å². The fourth-order valence-corrected chi connectivity index (χ4v) is 2.77. The number of para-hydroxylation sites is 1. The molecule has 98 valence electrons. The fourth-order valence-electron chi connectivity index (χ4n) is 1.87. The number of hydrogen-bond donors (Lipinski definition) is 1. The van der Waals surface area contributed by atoms with Gasteiger partial charge in [0.25, 0.3) is 0 Å². The number of ether oxygens (including phenoxy) is 1. The van der Waals surface area contributed by atoms with E-state index in [-0.39, 0.29) is 0 Å². The van der Waals surface area contributed by atoms with Crippen molar-refractivity contribution in [2.45, 2.75) is 6.61 Å². The third-order valence-corrected chi connectivity index (χ3v) is 3.69. The van der Waals surface area contributed by atoms with Gasteiger partial charge < -0.3 is 10.1 Å². The molecule has 2 aromatic heterocycles. The molecule has 0 bridgehead atoms. The molecular weight excluding hydrogens is 262 g/mol. The zero-order valence-electron chi connectivity index (χ0n) is 10.6. The van der Waals surface area contributed by atoms with Crippen molar-refractivity contribution in [1.29, 1.82) is 0 Å². The molecule has 0 aliphatic rings. The molecule has 0 atom stereocenters. The summed E-state index contributed by atoms with van der Waals surface area (Å²) in [7, 11) is 3.53. The average molecular weight is 275 g/mol. The lowest BCUT2D eigenvalue weighted by atomic mass is 10.2. The van der Waals surface area contributed by atoms with Crippen molar-refractivity contribution in [1.82, 2.24) is 19.8 Å². The minimum Gasteiger partial charge on any atom is -0.388 e. The first-order valence-corrected chi connectivity index (χ1v) is 6.62. The van der Waals surface area contributed by atoms with Gasteiger partial charge in [0.1, 0.15) is 11.6 Å². The molecule has 0 saturated heterocycles. The predicted octanol–water partition coefficient (Wildman–Crippen LogP) is 2.04. The van der Waals surface area contributed by atoms with E-state index in [4.69, 9.17) is 4.74 Å². The lowest BCUT2D eigenvalue weighted by Crippen LogP contribution is -1.98. The Balaban J connectivity index is 2.10. The molecule has 3 rings (SSSR count). The monoisotopic (exact) mass is 275 g/mol. The first-order valence-electron chi connectivity index (χ1n) is 5.80. The molecule has 0 radical (unpaired) electrons. The van der Waals surface area contributed by atoms with Crippen LogP contribution in [0.5, 0.6) is 0 Å². The first kappa shape index (κ1) is 12.1. The van der Waals surface area contributed by atoms with Gasteiger partial charge in [-0.25, -0.2) is 0 Å². The van der Waals surface area contributed by atoms with E-state index in [2.05, 4.69) is 20.6 Å². The summed E-state index contributed by atoms with van der Waals surface area (Å²) in [4.78, 5) is 0.771. The second-order valence-corrected chi connectivity index (χ2v) is 4.90. The maximum atomic E-state index is 5.08. The number of fused-ring (bicyclic) bond motifs is 1. The Hall–Kier alpha value is -1.99. The van der Waals surface area contributed by atoms with Gasteiger partial charge in [-0.1, -0.05) is 23.5 Å². The van der Waals surface area contributed by atoms with Gasteiger partial charge in [-0.05, 0) is 12.1 Å². The van der Waals surface area contributed by atoms with Gasteiger partial charge in [-0.3, -0.25) is 0 Å². The molecule has 3 aromatic rings. The lowest BCUT2D eigenvalue weighted by molar-refractivity contribution is 0.176. The van der Waals surface area contributed by atoms with Crippen LogP contribution in [0.25, 0.3) is 15.5 Å². The molecule has 0 saturated carbocycles. The number of methoxy groups -OCH3 is 1. The van der Waals surface area contributed by atoms with Crippen LogP contribution in [0.2, 0.25) is 0 Å². The summed E-state index contributed by atoms with van der Waals surface area (Å²) in [5, 5.41) is 16.8. The summed E-state index contributed by atoms with van der Waals surface area (Å²) >= 11 is 1.51. The van der Waals surface area contributed by atoms with E-state index in [1.807, 2.05) is 31.3 Å². The van der Waals surface area contributed by atoms with Crippen molar-refractivity contribution in [3.8, 4) is 10.6 Å². The Morgan fingerprint density at radius 2 is 2.16 bits per heavy atom. The second kappa shape index (κ2) is 4.94. The third-order valence-electron chi connectivity index (χ3n) is 2.76. The van der Waals surface area contributed by atoms with Crippen LogP contribution < -0.4 is 5.32 Å². The maximum absolute atomic E-state index is 5.08. The van der Waals surface area contributed by atoms with E-state index in [1.165, 1.54) is 11.3 Å². The highest BCUT2D eigenvalue weighted by molar-refractivity contribution is 7.19. The highest BCUT2D eigenvalue weighted by atomic mass is 32.1. The van der Waals surface area contributed by atoms with Crippen molar-refractivity contribution >= 4 is 22.0 Å². The Kier molecular flexibility index (Phi) is 3.14. The molecule has 1 N–H and O–H groups in total. The number of nitrogens with one attached hydrogen (secondary N) is 1. The minimum absolute atomic E-state index is 0.401. The summed E-state index contributed by atoms with van der Waals surface area (Å²) < 4.78 is 6.82. The standard InChI is InChI=1S/C12H13N5OS/c1-13-9-6-4-3-5-8(9)11-16-17-10(7-18-2)14-15-12(17)19-11/h3-6,13H,7H2,1-2H3. The van der Waals surface area contributed by atoms with Crippen molar-refractivity contribution in [2.24, 2.45) is 0 Å². The van der Waals surface area contributed by atoms with E-state index in [0.29, 0.717) is 12.4 Å². The summed E-state index contributed by atoms with van der Waals surface area (Å²) in [6.07, 6.45) is 0. The molecule has 2 heterocycles. The largest absolute Gasteiger partial charge is 0.388 e. The van der Waals surface area contributed by atoms with Crippen LogP contribution in [0.4, 0.5) is 5.69 Å². The number of anilines is 1. The zero-order chi connectivity index (χ0) is 13.2. The Labute approximate surface area is 114 Å². The van der Waals surface area contributed by atoms with Crippen molar-refractivity contribution in [2.75, 3.05) is 19.5 Å². The van der Waals surface area contributed by atoms with Crippen LogP contribution in [0, 0.1) is 0 Å². The third kappa shape index (κ3) is 2.06. The normalized spacial score (nSPS) is 11.1. The topological polar surface area (TPSA) is 64.3 Å². The maximum Gasteiger partial charge on any atom is 0.235 e. The van der Waals surface area contributed by atoms with Crippen LogP contribution in [-0.4, -0.2) is 34.0 Å². The molecular formula is C12H13N5OS. The Bertz CT molecular complexity index is 705. The number of aromatic nitrogens is 4. The summed E-state index contributed by atoms with van der Waals surface area (Å²) in [5.41, 5.74) is 2.10. The van der Waals surface area contributed by atoms with E-state index in [0.717, 1.165) is 21.2 Å². The molecule has 0 spiro atoms. The highest BCUT2D eigenvalue weighted by Gasteiger charge is 2.14. The van der Waals surface area contributed by atoms with E-state index in [9.17, 15) is 0 Å². The Morgan fingerprint density at radius 1 is 1.32 bits per heavy atom. The lowest BCUT2D eigenvalue weighted by Gasteiger charge is -2.04. The van der Waals surface area contributed by atoms with Crippen LogP contribution >= 0.6 is 11.3 Å². The first-order chi connectivity index (χ1) is 9.33. The highest BCUT2D eigenvalue weighted by Crippen LogP contribution is 2.31. The van der Waals surface area contributed by atoms with Gasteiger partial charge in [-0.15, -0.1) is 10.2 Å². The summed E-state index contributed by atoms with van der Waals surface area (Å²) in [5.74, 6) is 0.710. The quantitative estimate of drug-likeness (QED) is 0.789. The van der Waals surface area contributed by atoms with E-state index in [1.54, 1.807) is 11.6 Å². The van der Waals surface area contributed by atoms with Crippen LogP contribution in [0.1, 0.15) is 5.82 Å². The molecule has 0 aliphatic heterocycles. The average Bonchev–Trinajstić information content (AvgIpc) is 3.01. The summed E-state index contributed by atoms with van der Waals surface area (Å²) in [6.45, 7) is 0.401. The molecule has 0 unspecified atom stereocenters. The smallest absolute Gasteiger partial charge is 0.235 e. The Morgan fingerprint density at radius 3 is 2.95 bits per heavy atom.